The molecule has 8 nitrogen and oxygen atoms in total. The first-order valence-corrected chi connectivity index (χ1v) is 13.3. The molecule has 2 aliphatic rings. The van der Waals surface area contributed by atoms with E-state index in [1.165, 1.54) is 17.0 Å². The van der Waals surface area contributed by atoms with Crippen LogP contribution in [-0.4, -0.2) is 78.5 Å². The third-order valence-electron chi connectivity index (χ3n) is 6.79. The molecule has 4 rings (SSSR count). The number of rotatable bonds is 8. The number of ether oxygens (including phenoxy) is 1. The van der Waals surface area contributed by atoms with Gasteiger partial charge >= 0.3 is 12.0 Å². The number of hydrogen-bond donors (Lipinski definition) is 1. The average Bonchev–Trinajstić information content (AvgIpc) is 3.16. The molecular weight excluding hydrogens is 523 g/mol. The van der Waals surface area contributed by atoms with Gasteiger partial charge in [-0.15, -0.1) is 6.58 Å². The molecule has 0 saturated carbocycles. The lowest BCUT2D eigenvalue weighted by Crippen LogP contribution is -2.51. The van der Waals surface area contributed by atoms with Gasteiger partial charge in [-0.25, -0.2) is 14.0 Å². The molecule has 1 fully saturated rings. The fraction of sp³-hybridized carbons (Fsp3) is 0.345. The molecular formula is C29H32ClFN4O4. The van der Waals surface area contributed by atoms with Crippen molar-refractivity contribution in [3.8, 4) is 0 Å². The number of nitrogens with one attached hydrogen (secondary N) is 1. The number of urea groups is 1. The van der Waals surface area contributed by atoms with Crippen molar-refractivity contribution in [2.45, 2.75) is 19.4 Å². The Balaban J connectivity index is 1.63. The van der Waals surface area contributed by atoms with Crippen LogP contribution in [0.3, 0.4) is 0 Å². The van der Waals surface area contributed by atoms with Crippen LogP contribution >= 0.6 is 11.6 Å². The van der Waals surface area contributed by atoms with Gasteiger partial charge in [0.25, 0.3) is 5.91 Å². The van der Waals surface area contributed by atoms with E-state index in [1.54, 1.807) is 54.3 Å². The predicted octanol–water partition coefficient (Wildman–Crippen LogP) is 4.40. The number of carbonyl (C=O) groups is 3. The van der Waals surface area contributed by atoms with Gasteiger partial charge in [0, 0.05) is 55.6 Å². The van der Waals surface area contributed by atoms with Crippen LogP contribution < -0.4 is 5.32 Å². The van der Waals surface area contributed by atoms with Crippen LogP contribution in [0.25, 0.3) is 0 Å². The summed E-state index contributed by atoms with van der Waals surface area (Å²) < 4.78 is 19.1. The lowest BCUT2D eigenvalue weighted by molar-refractivity contribution is -0.139. The Bertz CT molecular complexity index is 1250. The van der Waals surface area contributed by atoms with Crippen LogP contribution in [0, 0.1) is 5.82 Å². The zero-order valence-electron chi connectivity index (χ0n) is 21.9. The summed E-state index contributed by atoms with van der Waals surface area (Å²) in [6, 6.07) is 11.3. The molecule has 0 bridgehead atoms. The summed E-state index contributed by atoms with van der Waals surface area (Å²) >= 11 is 5.97. The number of nitrogens with zero attached hydrogens (tertiary/aromatic N) is 3. The minimum Gasteiger partial charge on any atom is -0.463 e. The van der Waals surface area contributed by atoms with Crippen molar-refractivity contribution in [2.24, 2.45) is 0 Å². The molecule has 10 heteroatoms. The minimum absolute atomic E-state index is 0.0679. The molecule has 2 aromatic carbocycles. The average molecular weight is 555 g/mol. The molecule has 0 aromatic heterocycles. The molecule has 39 heavy (non-hydrogen) atoms. The monoisotopic (exact) mass is 554 g/mol. The molecule has 2 aliphatic heterocycles. The summed E-state index contributed by atoms with van der Waals surface area (Å²) in [7, 11) is 0. The second-order valence-corrected chi connectivity index (χ2v) is 9.78. The molecule has 1 atom stereocenters. The first-order chi connectivity index (χ1) is 18.8. The van der Waals surface area contributed by atoms with E-state index in [1.807, 2.05) is 0 Å². The quantitative estimate of drug-likeness (QED) is 0.386. The van der Waals surface area contributed by atoms with Gasteiger partial charge in [0.05, 0.1) is 18.2 Å². The Morgan fingerprint density at radius 3 is 2.49 bits per heavy atom. The van der Waals surface area contributed by atoms with Crippen LogP contribution in [0.1, 0.15) is 35.3 Å². The largest absolute Gasteiger partial charge is 0.463 e. The highest BCUT2D eigenvalue weighted by molar-refractivity contribution is 6.30. The normalized spacial score (nSPS) is 18.4. The number of benzene rings is 2. The highest BCUT2D eigenvalue weighted by atomic mass is 35.5. The van der Waals surface area contributed by atoms with Crippen LogP contribution in [0.4, 0.5) is 9.18 Å². The van der Waals surface area contributed by atoms with Gasteiger partial charge in [-0.05, 0) is 55.3 Å². The number of amides is 3. The first kappa shape index (κ1) is 28.3. The lowest BCUT2D eigenvalue weighted by Gasteiger charge is -2.38. The first-order valence-electron chi connectivity index (χ1n) is 12.9. The molecule has 0 radical (unpaired) electrons. The van der Waals surface area contributed by atoms with Gasteiger partial charge in [-0.1, -0.05) is 29.8 Å². The van der Waals surface area contributed by atoms with Crippen LogP contribution in [0.2, 0.25) is 5.02 Å². The molecule has 0 spiro atoms. The fourth-order valence-electron chi connectivity index (χ4n) is 4.87. The molecule has 206 valence electrons. The third kappa shape index (κ3) is 6.66. The Morgan fingerprint density at radius 1 is 1.10 bits per heavy atom. The zero-order valence-corrected chi connectivity index (χ0v) is 22.6. The molecule has 3 amide bonds. The number of esters is 1. The molecule has 2 aromatic rings. The Hall–Kier alpha value is -3.69. The number of halogens is 2. The standard InChI is InChI=1S/C29H32ClFN4O4/c1-3-14-35-24(19-33-15-5-16-34(18-17-33)27(36)21-6-10-22(30)11-7-21)25(28(37)39-4-2)26(32-29(35)38)20-8-12-23(31)13-9-20/h3,6-13,26H,1,4-5,14-19H2,2H3,(H,32,38). The fourth-order valence-corrected chi connectivity index (χ4v) is 5.00. The summed E-state index contributed by atoms with van der Waals surface area (Å²) in [5, 5.41) is 3.45. The van der Waals surface area contributed by atoms with Crippen LogP contribution in [0.5, 0.6) is 0 Å². The number of carbonyl (C=O) groups excluding carboxylic acids is 3. The molecule has 1 unspecified atom stereocenters. The Morgan fingerprint density at radius 2 is 1.82 bits per heavy atom. The van der Waals surface area contributed by atoms with Gasteiger partial charge in [-0.2, -0.15) is 0 Å². The smallest absolute Gasteiger partial charge is 0.338 e. The van der Waals surface area contributed by atoms with Crippen molar-refractivity contribution < 1.29 is 23.5 Å². The lowest BCUT2D eigenvalue weighted by atomic mass is 9.94. The summed E-state index contributed by atoms with van der Waals surface area (Å²) in [4.78, 5) is 45.0. The maximum Gasteiger partial charge on any atom is 0.338 e. The molecule has 2 heterocycles. The van der Waals surface area contributed by atoms with E-state index >= 15 is 0 Å². The van der Waals surface area contributed by atoms with E-state index in [2.05, 4.69) is 16.8 Å². The van der Waals surface area contributed by atoms with Crippen molar-refractivity contribution >= 4 is 29.5 Å². The van der Waals surface area contributed by atoms with Crippen molar-refractivity contribution in [1.29, 1.82) is 0 Å². The third-order valence-corrected chi connectivity index (χ3v) is 7.04. The predicted molar refractivity (Wildman–Crippen MR) is 147 cm³/mol. The summed E-state index contributed by atoms with van der Waals surface area (Å²) in [6.45, 7) is 8.40. The van der Waals surface area contributed by atoms with Crippen LogP contribution in [-0.2, 0) is 9.53 Å². The zero-order chi connectivity index (χ0) is 27.9. The van der Waals surface area contributed by atoms with E-state index in [0.717, 1.165) is 6.42 Å². The van der Waals surface area contributed by atoms with Crippen molar-refractivity contribution in [3.05, 3.63) is 94.4 Å². The van der Waals surface area contributed by atoms with E-state index in [-0.39, 0.29) is 31.6 Å². The topological polar surface area (TPSA) is 82.2 Å². The van der Waals surface area contributed by atoms with E-state index in [9.17, 15) is 18.8 Å². The SMILES string of the molecule is C=CCN1C(=O)NC(c2ccc(F)cc2)C(C(=O)OCC)=C1CN1CCCN(C(=O)c2ccc(Cl)cc2)CC1. The Labute approximate surface area is 232 Å². The Kier molecular flexibility index (Phi) is 9.37. The van der Waals surface area contributed by atoms with Crippen molar-refractivity contribution in [3.63, 3.8) is 0 Å². The van der Waals surface area contributed by atoms with Gasteiger partial charge in [-0.3, -0.25) is 14.6 Å². The highest BCUT2D eigenvalue weighted by Crippen LogP contribution is 2.32. The molecule has 1 N–H and O–H groups in total. The molecule has 1 saturated heterocycles. The van der Waals surface area contributed by atoms with Crippen molar-refractivity contribution in [2.75, 3.05) is 45.9 Å². The maximum absolute atomic E-state index is 13.7. The van der Waals surface area contributed by atoms with Crippen molar-refractivity contribution in [1.82, 2.24) is 20.0 Å². The maximum atomic E-state index is 13.7. The van der Waals surface area contributed by atoms with Crippen LogP contribution in [0.15, 0.2) is 72.5 Å². The highest BCUT2D eigenvalue weighted by Gasteiger charge is 2.38. The summed E-state index contributed by atoms with van der Waals surface area (Å²) in [5.41, 5.74) is 1.94. The minimum atomic E-state index is -0.803. The summed E-state index contributed by atoms with van der Waals surface area (Å²) in [6.07, 6.45) is 2.31. The van der Waals surface area contributed by atoms with E-state index < -0.39 is 17.8 Å². The van der Waals surface area contributed by atoms with E-state index in [0.29, 0.717) is 53.6 Å². The van der Waals surface area contributed by atoms with Gasteiger partial charge in [0.2, 0.25) is 0 Å². The number of hydrogen-bond acceptors (Lipinski definition) is 5. The summed E-state index contributed by atoms with van der Waals surface area (Å²) in [5.74, 6) is -1.04. The second-order valence-electron chi connectivity index (χ2n) is 9.34. The van der Waals surface area contributed by atoms with Gasteiger partial charge < -0.3 is 15.0 Å². The van der Waals surface area contributed by atoms with E-state index in [4.69, 9.17) is 16.3 Å². The second kappa shape index (κ2) is 12.9. The molecule has 0 aliphatic carbocycles. The van der Waals surface area contributed by atoms with Gasteiger partial charge in [0.15, 0.2) is 0 Å². The van der Waals surface area contributed by atoms with Gasteiger partial charge in [0.1, 0.15) is 5.82 Å².